The van der Waals surface area contributed by atoms with Gasteiger partial charge in [-0.15, -0.1) is 0 Å². The summed E-state index contributed by atoms with van der Waals surface area (Å²) >= 11 is 0. The third kappa shape index (κ3) is 5.97. The van der Waals surface area contributed by atoms with Crippen molar-refractivity contribution in [3.8, 4) is 22.6 Å². The molecule has 0 atom stereocenters. The molecule has 5 nitrogen and oxygen atoms in total. The smallest absolute Gasteiger partial charge is 0.228 e. The molecule has 0 aromatic heterocycles. The zero-order chi connectivity index (χ0) is 23.8. The first-order valence-corrected chi connectivity index (χ1v) is 12.2. The van der Waals surface area contributed by atoms with E-state index in [-0.39, 0.29) is 12.3 Å². The first kappa shape index (κ1) is 23.8. The summed E-state index contributed by atoms with van der Waals surface area (Å²) in [7, 11) is 1.59. The lowest BCUT2D eigenvalue weighted by Crippen LogP contribution is -2.15. The predicted octanol–water partition coefficient (Wildman–Crippen LogP) is 5.93. The number of rotatable bonds is 9. The molecule has 1 saturated carbocycles. The van der Waals surface area contributed by atoms with Gasteiger partial charge >= 0.3 is 0 Å². The molecule has 3 aromatic rings. The maximum Gasteiger partial charge on any atom is 0.228 e. The van der Waals surface area contributed by atoms with Gasteiger partial charge in [-0.25, -0.2) is 0 Å². The lowest BCUT2D eigenvalue weighted by atomic mass is 9.81. The van der Waals surface area contributed by atoms with Crippen LogP contribution in [0.4, 0.5) is 5.69 Å². The van der Waals surface area contributed by atoms with Crippen molar-refractivity contribution in [3.63, 3.8) is 0 Å². The number of ether oxygens (including phenoxy) is 2. The van der Waals surface area contributed by atoms with Crippen LogP contribution in [0.25, 0.3) is 11.1 Å². The van der Waals surface area contributed by atoms with E-state index in [0.29, 0.717) is 30.6 Å². The largest absolute Gasteiger partial charge is 0.493 e. The molecule has 34 heavy (non-hydrogen) atoms. The van der Waals surface area contributed by atoms with Crippen LogP contribution in [0, 0.1) is 0 Å². The second kappa shape index (κ2) is 11.7. The molecule has 1 amide bonds. The molecule has 0 unspecified atom stereocenters. The Hall–Kier alpha value is -3.31. The van der Waals surface area contributed by atoms with Gasteiger partial charge in [0.25, 0.3) is 0 Å². The van der Waals surface area contributed by atoms with E-state index < -0.39 is 0 Å². The maximum atomic E-state index is 12.8. The van der Waals surface area contributed by atoms with Gasteiger partial charge in [-0.2, -0.15) is 0 Å². The number of hydrogen-bond acceptors (Lipinski definition) is 4. The Labute approximate surface area is 202 Å². The van der Waals surface area contributed by atoms with Gasteiger partial charge in [0.1, 0.15) is 6.61 Å². The van der Waals surface area contributed by atoms with E-state index >= 15 is 0 Å². The molecule has 1 fully saturated rings. The van der Waals surface area contributed by atoms with Crippen molar-refractivity contribution < 1.29 is 14.3 Å². The number of nitrogens with two attached hydrogens (primary N) is 1. The van der Waals surface area contributed by atoms with E-state index in [1.165, 1.54) is 43.2 Å². The topological polar surface area (TPSA) is 73.6 Å². The number of hydrogen-bond donors (Lipinski definition) is 2. The minimum Gasteiger partial charge on any atom is -0.493 e. The van der Waals surface area contributed by atoms with Gasteiger partial charge in [0.05, 0.1) is 13.5 Å². The summed E-state index contributed by atoms with van der Waals surface area (Å²) < 4.78 is 11.0. The Bertz CT molecular complexity index is 1110. The minimum absolute atomic E-state index is 0.0737. The van der Waals surface area contributed by atoms with Crippen LogP contribution in [0.3, 0.4) is 0 Å². The summed E-state index contributed by atoms with van der Waals surface area (Å²) in [5, 5.41) is 3.06. The third-order valence-corrected chi connectivity index (χ3v) is 6.43. The summed E-state index contributed by atoms with van der Waals surface area (Å²) in [4.78, 5) is 12.8. The highest BCUT2D eigenvalue weighted by atomic mass is 16.5. The van der Waals surface area contributed by atoms with E-state index in [0.717, 1.165) is 16.8 Å². The Morgan fingerprint density at radius 3 is 2.59 bits per heavy atom. The van der Waals surface area contributed by atoms with Gasteiger partial charge in [0, 0.05) is 12.2 Å². The first-order valence-electron chi connectivity index (χ1n) is 12.2. The van der Waals surface area contributed by atoms with Crippen molar-refractivity contribution in [2.75, 3.05) is 25.6 Å². The highest BCUT2D eigenvalue weighted by Gasteiger charge is 2.19. The quantitative estimate of drug-likeness (QED) is 0.417. The van der Waals surface area contributed by atoms with Crippen LogP contribution in [0.5, 0.6) is 11.5 Å². The molecule has 1 aliphatic carbocycles. The molecule has 3 N–H and O–H groups in total. The van der Waals surface area contributed by atoms with E-state index in [1.54, 1.807) is 7.11 Å². The van der Waals surface area contributed by atoms with Crippen LogP contribution in [0.1, 0.15) is 49.1 Å². The van der Waals surface area contributed by atoms with Crippen molar-refractivity contribution in [1.29, 1.82) is 0 Å². The molecule has 0 radical (unpaired) electrons. The highest BCUT2D eigenvalue weighted by molar-refractivity contribution is 5.93. The Morgan fingerprint density at radius 1 is 0.971 bits per heavy atom. The normalized spacial score (nSPS) is 13.9. The number of benzene rings is 3. The molecule has 1 aliphatic rings. The Morgan fingerprint density at radius 2 is 1.79 bits per heavy atom. The van der Waals surface area contributed by atoms with E-state index in [1.807, 2.05) is 30.3 Å². The van der Waals surface area contributed by atoms with Crippen molar-refractivity contribution in [2.45, 2.75) is 44.4 Å². The molecule has 4 rings (SSSR count). The molecule has 5 heteroatoms. The fourth-order valence-electron chi connectivity index (χ4n) is 4.79. The first-order chi connectivity index (χ1) is 16.7. The van der Waals surface area contributed by atoms with Gasteiger partial charge in [-0.3, -0.25) is 4.79 Å². The summed E-state index contributed by atoms with van der Waals surface area (Å²) in [5.41, 5.74) is 11.0. The second-order valence-corrected chi connectivity index (χ2v) is 8.85. The Balaban J connectivity index is 1.47. The van der Waals surface area contributed by atoms with Crippen molar-refractivity contribution >= 4 is 11.6 Å². The molecule has 0 bridgehead atoms. The van der Waals surface area contributed by atoms with Crippen LogP contribution in [0.2, 0.25) is 0 Å². The summed E-state index contributed by atoms with van der Waals surface area (Å²) in [5.74, 6) is 1.77. The van der Waals surface area contributed by atoms with E-state index in [4.69, 9.17) is 15.2 Å². The molecule has 178 valence electrons. The van der Waals surface area contributed by atoms with Gasteiger partial charge in [-0.05, 0) is 65.3 Å². The van der Waals surface area contributed by atoms with Crippen molar-refractivity contribution in [3.05, 3.63) is 77.9 Å². The molecule has 0 aliphatic heterocycles. The molecule has 0 spiro atoms. The monoisotopic (exact) mass is 458 g/mol. The number of amides is 1. The lowest BCUT2D eigenvalue weighted by molar-refractivity contribution is -0.115. The average Bonchev–Trinajstić information content (AvgIpc) is 2.88. The van der Waals surface area contributed by atoms with Crippen molar-refractivity contribution in [1.82, 2.24) is 0 Å². The predicted molar refractivity (Wildman–Crippen MR) is 138 cm³/mol. The van der Waals surface area contributed by atoms with E-state index in [9.17, 15) is 4.79 Å². The van der Waals surface area contributed by atoms with Gasteiger partial charge < -0.3 is 20.5 Å². The SMILES string of the molecule is COc1cc(CC(=O)Nc2cccc(-c3ccccc3C3CCCCC3)c2)ccc1OCCN. The summed E-state index contributed by atoms with van der Waals surface area (Å²) in [6.45, 7) is 0.841. The fourth-order valence-corrected chi connectivity index (χ4v) is 4.79. The van der Waals surface area contributed by atoms with Crippen LogP contribution in [-0.2, 0) is 11.2 Å². The summed E-state index contributed by atoms with van der Waals surface area (Å²) in [6.07, 6.45) is 6.71. The number of nitrogens with one attached hydrogen (secondary N) is 1. The van der Waals surface area contributed by atoms with Crippen molar-refractivity contribution in [2.24, 2.45) is 5.73 Å². The number of carbonyl (C=O) groups excluding carboxylic acids is 1. The van der Waals surface area contributed by atoms with Gasteiger partial charge in [0.15, 0.2) is 11.5 Å². The van der Waals surface area contributed by atoms with Crippen LogP contribution >= 0.6 is 0 Å². The van der Waals surface area contributed by atoms with Crippen LogP contribution in [-0.4, -0.2) is 26.2 Å². The second-order valence-electron chi connectivity index (χ2n) is 8.85. The zero-order valence-corrected chi connectivity index (χ0v) is 19.9. The van der Waals surface area contributed by atoms with Gasteiger partial charge in [0.2, 0.25) is 5.91 Å². The standard InChI is InChI=1S/C29H34N2O3/c1-33-28-18-21(14-15-27(28)34-17-16-30)19-29(32)31-24-11-7-10-23(20-24)26-13-6-5-12-25(26)22-8-3-2-4-9-22/h5-7,10-15,18,20,22H,2-4,8-9,16-17,19,30H2,1H3,(H,31,32). The maximum absolute atomic E-state index is 12.8. The molecule has 3 aromatic carbocycles. The number of carbonyl (C=O) groups is 1. The molecular weight excluding hydrogens is 424 g/mol. The third-order valence-electron chi connectivity index (χ3n) is 6.43. The lowest BCUT2D eigenvalue weighted by Gasteiger charge is -2.24. The van der Waals surface area contributed by atoms with Crippen LogP contribution < -0.4 is 20.5 Å². The molecular formula is C29H34N2O3. The zero-order valence-electron chi connectivity index (χ0n) is 19.9. The van der Waals surface area contributed by atoms with E-state index in [2.05, 4.69) is 41.7 Å². The minimum atomic E-state index is -0.0737. The molecule has 0 saturated heterocycles. The number of methoxy groups -OCH3 is 1. The Kier molecular flexibility index (Phi) is 8.21. The highest BCUT2D eigenvalue weighted by Crippen LogP contribution is 2.38. The average molecular weight is 459 g/mol. The van der Waals surface area contributed by atoms with Gasteiger partial charge in [-0.1, -0.05) is 61.7 Å². The number of anilines is 1. The fraction of sp³-hybridized carbons (Fsp3) is 0.345. The van der Waals surface area contributed by atoms with Crippen LogP contribution in [0.15, 0.2) is 66.7 Å². The summed E-state index contributed by atoms with van der Waals surface area (Å²) in [6, 6.07) is 22.4. The molecule has 0 heterocycles.